The van der Waals surface area contributed by atoms with Crippen LogP contribution in [0.15, 0.2) is 23.6 Å². The number of carboxylic acid groups (broad SMARTS) is 1. The molecule has 1 aromatic carbocycles. The maximum atomic E-state index is 13.4. The van der Waals surface area contributed by atoms with Gasteiger partial charge in [-0.15, -0.1) is 11.3 Å². The minimum Gasteiger partial charge on any atom is -0.478 e. The van der Waals surface area contributed by atoms with Crippen molar-refractivity contribution in [3.8, 4) is 0 Å². The number of rotatable bonds is 5. The number of carbonyl (C=O) groups excluding carboxylic acids is 1. The number of aliphatic hydroxyl groups is 1. The third-order valence-corrected chi connectivity index (χ3v) is 4.65. The Balaban J connectivity index is 2.31. The predicted octanol–water partition coefficient (Wildman–Crippen LogP) is 3.24. The van der Waals surface area contributed by atoms with Crippen LogP contribution in [0, 0.1) is 13.8 Å². The molecule has 0 bridgehead atoms. The van der Waals surface area contributed by atoms with Crippen LogP contribution in [-0.4, -0.2) is 33.2 Å². The van der Waals surface area contributed by atoms with E-state index >= 15 is 0 Å². The van der Waals surface area contributed by atoms with Crippen molar-refractivity contribution in [3.63, 3.8) is 0 Å². The Hall–Kier alpha value is -2.46. The first-order valence-corrected chi connectivity index (χ1v) is 8.17. The number of aromatic nitrogens is 1. The van der Waals surface area contributed by atoms with Crippen LogP contribution in [0.25, 0.3) is 0 Å². The number of thiazole rings is 1. The van der Waals surface area contributed by atoms with Gasteiger partial charge in [-0.25, -0.2) is 9.78 Å². The van der Waals surface area contributed by atoms with Gasteiger partial charge in [0.1, 0.15) is 5.01 Å². The zero-order valence-electron chi connectivity index (χ0n) is 13.7. The monoisotopic (exact) mass is 388 g/mol. The van der Waals surface area contributed by atoms with Crippen molar-refractivity contribution in [2.24, 2.45) is 0 Å². The van der Waals surface area contributed by atoms with E-state index in [0.717, 1.165) is 0 Å². The van der Waals surface area contributed by atoms with Gasteiger partial charge >= 0.3 is 12.1 Å². The Morgan fingerprint density at radius 3 is 2.42 bits per heavy atom. The Kier molecular flexibility index (Phi) is 5.38. The first-order chi connectivity index (χ1) is 11.9. The van der Waals surface area contributed by atoms with E-state index in [0.29, 0.717) is 16.9 Å². The van der Waals surface area contributed by atoms with Gasteiger partial charge in [0.15, 0.2) is 0 Å². The topological polar surface area (TPSA) is 99.5 Å². The SMILES string of the molecule is Cc1ccc(NC(=O)CC(O)(c2nc(C)cs2)C(F)(F)F)c(C(=O)O)c1. The summed E-state index contributed by atoms with van der Waals surface area (Å²) in [6.07, 6.45) is -6.49. The van der Waals surface area contributed by atoms with E-state index in [-0.39, 0.29) is 16.9 Å². The molecule has 0 spiro atoms. The summed E-state index contributed by atoms with van der Waals surface area (Å²) in [4.78, 5) is 27.0. The average Bonchev–Trinajstić information content (AvgIpc) is 2.94. The molecule has 140 valence electrons. The molecule has 1 atom stereocenters. The summed E-state index contributed by atoms with van der Waals surface area (Å²) in [5, 5.41) is 22.1. The smallest absolute Gasteiger partial charge is 0.424 e. The number of alkyl halides is 3. The quantitative estimate of drug-likeness (QED) is 0.730. The van der Waals surface area contributed by atoms with Crippen molar-refractivity contribution in [1.82, 2.24) is 4.98 Å². The normalized spacial score (nSPS) is 13.9. The summed E-state index contributed by atoms with van der Waals surface area (Å²) >= 11 is 0.586. The molecule has 2 rings (SSSR count). The zero-order valence-corrected chi connectivity index (χ0v) is 14.5. The van der Waals surface area contributed by atoms with Crippen molar-refractivity contribution >= 4 is 28.9 Å². The molecule has 2 aromatic rings. The van der Waals surface area contributed by atoms with Crippen LogP contribution in [0.5, 0.6) is 0 Å². The second kappa shape index (κ2) is 7.04. The van der Waals surface area contributed by atoms with E-state index in [1.165, 1.54) is 30.5 Å². The fourth-order valence-corrected chi connectivity index (χ4v) is 3.13. The molecule has 0 saturated heterocycles. The van der Waals surface area contributed by atoms with Crippen LogP contribution in [-0.2, 0) is 10.4 Å². The van der Waals surface area contributed by atoms with Crippen molar-refractivity contribution in [1.29, 1.82) is 0 Å². The highest BCUT2D eigenvalue weighted by Gasteiger charge is 2.58. The number of benzene rings is 1. The molecule has 0 saturated carbocycles. The first-order valence-electron chi connectivity index (χ1n) is 7.29. The molecule has 1 amide bonds. The van der Waals surface area contributed by atoms with Gasteiger partial charge in [-0.3, -0.25) is 4.79 Å². The highest BCUT2D eigenvalue weighted by Crippen LogP contribution is 2.43. The van der Waals surface area contributed by atoms with Gasteiger partial charge in [0.05, 0.1) is 17.7 Å². The van der Waals surface area contributed by atoms with Gasteiger partial charge in [-0.1, -0.05) is 11.6 Å². The molecule has 0 aliphatic heterocycles. The predicted molar refractivity (Wildman–Crippen MR) is 88.2 cm³/mol. The number of aryl methyl sites for hydroxylation is 2. The fraction of sp³-hybridized carbons (Fsp3) is 0.312. The van der Waals surface area contributed by atoms with E-state index in [9.17, 15) is 27.9 Å². The Bertz CT molecular complexity index is 850. The lowest BCUT2D eigenvalue weighted by atomic mass is 9.99. The van der Waals surface area contributed by atoms with Gasteiger partial charge in [0.2, 0.25) is 11.5 Å². The fourth-order valence-electron chi connectivity index (χ4n) is 2.21. The van der Waals surface area contributed by atoms with Crippen molar-refractivity contribution in [3.05, 3.63) is 45.4 Å². The van der Waals surface area contributed by atoms with Gasteiger partial charge in [0.25, 0.3) is 0 Å². The number of carbonyl (C=O) groups is 2. The summed E-state index contributed by atoms with van der Waals surface area (Å²) in [5.41, 5.74) is -3.01. The second-order valence-electron chi connectivity index (χ2n) is 5.73. The van der Waals surface area contributed by atoms with Gasteiger partial charge < -0.3 is 15.5 Å². The molecule has 6 nitrogen and oxygen atoms in total. The molecular weight excluding hydrogens is 373 g/mol. The van der Waals surface area contributed by atoms with E-state index in [2.05, 4.69) is 10.3 Å². The molecule has 0 fully saturated rings. The van der Waals surface area contributed by atoms with E-state index in [1.54, 1.807) is 6.92 Å². The summed E-state index contributed by atoms with van der Waals surface area (Å²) in [7, 11) is 0. The molecule has 1 aromatic heterocycles. The molecule has 0 aliphatic carbocycles. The molecule has 1 heterocycles. The van der Waals surface area contributed by atoms with Crippen LogP contribution in [0.4, 0.5) is 18.9 Å². The molecule has 3 N–H and O–H groups in total. The van der Waals surface area contributed by atoms with Crippen LogP contribution >= 0.6 is 11.3 Å². The van der Waals surface area contributed by atoms with Crippen LogP contribution < -0.4 is 5.32 Å². The third-order valence-electron chi connectivity index (χ3n) is 3.54. The molecule has 0 radical (unpaired) electrons. The maximum Gasteiger partial charge on any atom is 0.424 e. The molecular formula is C16H15F3N2O4S. The van der Waals surface area contributed by atoms with Crippen molar-refractivity contribution in [2.45, 2.75) is 32.0 Å². The highest BCUT2D eigenvalue weighted by molar-refractivity contribution is 7.09. The minimum atomic E-state index is -5.14. The van der Waals surface area contributed by atoms with Crippen LogP contribution in [0.3, 0.4) is 0 Å². The van der Waals surface area contributed by atoms with Crippen molar-refractivity contribution in [2.75, 3.05) is 5.32 Å². The van der Waals surface area contributed by atoms with E-state index in [4.69, 9.17) is 5.11 Å². The Morgan fingerprint density at radius 2 is 1.92 bits per heavy atom. The molecule has 26 heavy (non-hydrogen) atoms. The molecule has 0 aliphatic rings. The number of anilines is 1. The third kappa shape index (κ3) is 4.02. The van der Waals surface area contributed by atoms with Crippen LogP contribution in [0.2, 0.25) is 0 Å². The summed E-state index contributed by atoms with van der Waals surface area (Å²) in [6.45, 7) is 3.09. The summed E-state index contributed by atoms with van der Waals surface area (Å²) in [6, 6.07) is 4.05. The lowest BCUT2D eigenvalue weighted by Gasteiger charge is -2.28. The number of hydrogen-bond acceptors (Lipinski definition) is 5. The number of carboxylic acids is 1. The molecule has 1 unspecified atom stereocenters. The second-order valence-corrected chi connectivity index (χ2v) is 6.59. The van der Waals surface area contributed by atoms with Crippen molar-refractivity contribution < 1.29 is 33.0 Å². The number of halogens is 3. The number of nitrogens with zero attached hydrogens (tertiary/aromatic N) is 1. The number of nitrogens with one attached hydrogen (secondary N) is 1. The first kappa shape index (κ1) is 19.9. The number of hydrogen-bond donors (Lipinski definition) is 3. The summed E-state index contributed by atoms with van der Waals surface area (Å²) in [5.74, 6) is -2.53. The largest absolute Gasteiger partial charge is 0.478 e. The van der Waals surface area contributed by atoms with Gasteiger partial charge in [-0.05, 0) is 26.0 Å². The zero-order chi connectivity index (χ0) is 19.7. The van der Waals surface area contributed by atoms with Crippen LogP contribution in [0.1, 0.15) is 33.0 Å². The summed E-state index contributed by atoms with van der Waals surface area (Å²) < 4.78 is 40.2. The number of amides is 1. The Labute approximate surface area is 150 Å². The van der Waals surface area contributed by atoms with E-state index in [1.807, 2.05) is 0 Å². The highest BCUT2D eigenvalue weighted by atomic mass is 32.1. The maximum absolute atomic E-state index is 13.4. The van der Waals surface area contributed by atoms with E-state index < -0.39 is 35.1 Å². The standard InChI is InChI=1S/C16H15F3N2O4S/c1-8-3-4-11(10(5-8)13(23)24)21-12(22)6-15(25,16(17,18)19)14-20-9(2)7-26-14/h3-5,7,25H,6H2,1-2H3,(H,21,22)(H,23,24). The lowest BCUT2D eigenvalue weighted by Crippen LogP contribution is -2.45. The number of aromatic carboxylic acids is 1. The molecule has 10 heteroatoms. The van der Waals surface area contributed by atoms with Gasteiger partial charge in [0, 0.05) is 11.1 Å². The lowest BCUT2D eigenvalue weighted by molar-refractivity contribution is -0.266. The Morgan fingerprint density at radius 1 is 1.27 bits per heavy atom. The minimum absolute atomic E-state index is 0.159. The average molecular weight is 388 g/mol. The van der Waals surface area contributed by atoms with Gasteiger partial charge in [-0.2, -0.15) is 13.2 Å².